The number of para-hydroxylation sites is 1. The van der Waals surface area contributed by atoms with E-state index in [1.807, 2.05) is 18.2 Å². The van der Waals surface area contributed by atoms with Crippen LogP contribution in [0.2, 0.25) is 0 Å². The molecule has 2 aromatic rings. The molecule has 2 rings (SSSR count). The largest absolute Gasteiger partial charge is 0.527 e. The maximum atomic E-state index is 8.94. The summed E-state index contributed by atoms with van der Waals surface area (Å²) in [4.78, 5) is 0. The number of benzene rings is 1. The zero-order chi connectivity index (χ0) is 9.42. The maximum Gasteiger partial charge on any atom is 0.527 e. The lowest BCUT2D eigenvalue weighted by Gasteiger charge is -1.91. The van der Waals surface area contributed by atoms with Gasteiger partial charge in [0.25, 0.3) is 0 Å². The molecule has 0 saturated carbocycles. The third kappa shape index (κ3) is 1.39. The Bertz CT molecular complexity index is 438. The van der Waals surface area contributed by atoms with E-state index in [2.05, 4.69) is 15.9 Å². The van der Waals surface area contributed by atoms with Crippen molar-refractivity contribution in [2.24, 2.45) is 0 Å². The number of hydrogen-bond donors (Lipinski definition) is 2. The second kappa shape index (κ2) is 3.18. The zero-order valence-corrected chi connectivity index (χ0v) is 8.15. The van der Waals surface area contributed by atoms with Crippen LogP contribution >= 0.6 is 15.9 Å². The van der Waals surface area contributed by atoms with Gasteiger partial charge >= 0.3 is 7.12 Å². The van der Waals surface area contributed by atoms with Gasteiger partial charge in [-0.3, -0.25) is 0 Å². The molecule has 5 heteroatoms. The molecule has 66 valence electrons. The Balaban J connectivity index is 2.74. The van der Waals surface area contributed by atoms with Crippen LogP contribution in [0.4, 0.5) is 0 Å². The Morgan fingerprint density at radius 3 is 2.54 bits per heavy atom. The Morgan fingerprint density at radius 1 is 1.23 bits per heavy atom. The molecular weight excluding hydrogens is 235 g/mol. The van der Waals surface area contributed by atoms with Crippen molar-refractivity contribution in [1.82, 2.24) is 0 Å². The van der Waals surface area contributed by atoms with Crippen LogP contribution in [0.3, 0.4) is 0 Å². The van der Waals surface area contributed by atoms with Crippen molar-refractivity contribution in [3.05, 3.63) is 28.7 Å². The first-order chi connectivity index (χ1) is 6.20. The third-order valence-electron chi connectivity index (χ3n) is 1.79. The van der Waals surface area contributed by atoms with E-state index in [1.165, 1.54) is 0 Å². The summed E-state index contributed by atoms with van der Waals surface area (Å²) in [7, 11) is -1.58. The van der Waals surface area contributed by atoms with Gasteiger partial charge in [-0.1, -0.05) is 12.1 Å². The molecule has 0 aliphatic heterocycles. The van der Waals surface area contributed by atoms with E-state index < -0.39 is 7.12 Å². The summed E-state index contributed by atoms with van der Waals surface area (Å²) in [5, 5.41) is 18.7. The van der Waals surface area contributed by atoms with Gasteiger partial charge in [0.15, 0.2) is 5.66 Å². The van der Waals surface area contributed by atoms with Gasteiger partial charge in [0, 0.05) is 5.39 Å². The van der Waals surface area contributed by atoms with Gasteiger partial charge in [-0.25, -0.2) is 0 Å². The highest BCUT2D eigenvalue weighted by Gasteiger charge is 2.22. The smallest absolute Gasteiger partial charge is 0.463 e. The summed E-state index contributed by atoms with van der Waals surface area (Å²) < 4.78 is 5.81. The second-order valence-corrected chi connectivity index (χ2v) is 3.44. The van der Waals surface area contributed by atoms with Crippen molar-refractivity contribution in [1.29, 1.82) is 0 Å². The Kier molecular flexibility index (Phi) is 2.15. The van der Waals surface area contributed by atoms with E-state index in [0.29, 0.717) is 10.1 Å². The summed E-state index contributed by atoms with van der Waals surface area (Å²) >= 11 is 3.24. The molecule has 0 atom stereocenters. The second-order valence-electron chi connectivity index (χ2n) is 2.65. The summed E-state index contributed by atoms with van der Waals surface area (Å²) in [5.41, 5.74) is 0.777. The molecule has 0 spiro atoms. The molecule has 0 bridgehead atoms. The summed E-state index contributed by atoms with van der Waals surface area (Å²) in [6.07, 6.45) is 0. The lowest BCUT2D eigenvalue weighted by atomic mass is 9.88. The van der Waals surface area contributed by atoms with Crippen LogP contribution in [0.5, 0.6) is 0 Å². The summed E-state index contributed by atoms with van der Waals surface area (Å²) in [6, 6.07) is 7.29. The van der Waals surface area contributed by atoms with Crippen molar-refractivity contribution in [3.63, 3.8) is 0 Å². The molecule has 1 heterocycles. The predicted molar refractivity (Wildman–Crippen MR) is 53.7 cm³/mol. The molecular formula is C8H6BBrO3. The van der Waals surface area contributed by atoms with Crippen LogP contribution in [-0.2, 0) is 0 Å². The normalized spacial score (nSPS) is 10.7. The molecule has 0 aliphatic carbocycles. The van der Waals surface area contributed by atoms with Gasteiger partial charge < -0.3 is 14.5 Å². The molecule has 1 aromatic carbocycles. The minimum absolute atomic E-state index is 0.140. The van der Waals surface area contributed by atoms with E-state index in [4.69, 9.17) is 14.5 Å². The van der Waals surface area contributed by atoms with Crippen molar-refractivity contribution >= 4 is 39.7 Å². The number of hydrogen-bond acceptors (Lipinski definition) is 3. The topological polar surface area (TPSA) is 53.6 Å². The number of rotatable bonds is 1. The molecule has 2 N–H and O–H groups in total. The van der Waals surface area contributed by atoms with Crippen LogP contribution in [0, 0.1) is 0 Å². The number of fused-ring (bicyclic) bond motifs is 1. The predicted octanol–water partition coefficient (Wildman–Crippen LogP) is 0.875. The fraction of sp³-hybridized carbons (Fsp3) is 0. The fourth-order valence-corrected chi connectivity index (χ4v) is 1.81. The highest BCUT2D eigenvalue weighted by molar-refractivity contribution is 9.10. The molecule has 0 unspecified atom stereocenters. The standard InChI is InChI=1S/C8H6BBrO3/c10-7-5-3-1-2-4-6(5)13-8(7)9(11)12/h1-4,11-12H. The first kappa shape index (κ1) is 8.81. The van der Waals surface area contributed by atoms with E-state index >= 15 is 0 Å². The number of halogens is 1. The number of furan rings is 1. The van der Waals surface area contributed by atoms with Crippen LogP contribution in [0.15, 0.2) is 33.2 Å². The molecule has 0 amide bonds. The quantitative estimate of drug-likeness (QED) is 0.728. The van der Waals surface area contributed by atoms with E-state index in [1.54, 1.807) is 6.07 Å². The van der Waals surface area contributed by atoms with Gasteiger partial charge in [0.2, 0.25) is 0 Å². The first-order valence-corrected chi connectivity index (χ1v) is 4.52. The molecule has 0 fully saturated rings. The Hall–Kier alpha value is -0.775. The molecule has 0 radical (unpaired) electrons. The first-order valence-electron chi connectivity index (χ1n) is 3.73. The van der Waals surface area contributed by atoms with Gasteiger partial charge in [-0.05, 0) is 28.1 Å². The Morgan fingerprint density at radius 2 is 1.92 bits per heavy atom. The zero-order valence-electron chi connectivity index (χ0n) is 6.57. The van der Waals surface area contributed by atoms with Crippen LogP contribution in [0.1, 0.15) is 0 Å². The summed E-state index contributed by atoms with van der Waals surface area (Å²) in [6.45, 7) is 0. The molecule has 13 heavy (non-hydrogen) atoms. The van der Waals surface area contributed by atoms with E-state index in [9.17, 15) is 0 Å². The minimum Gasteiger partial charge on any atom is -0.463 e. The van der Waals surface area contributed by atoms with E-state index in [0.717, 1.165) is 5.39 Å². The maximum absolute atomic E-state index is 8.94. The Labute approximate surface area is 83.3 Å². The van der Waals surface area contributed by atoms with Gasteiger partial charge in [-0.15, -0.1) is 0 Å². The van der Waals surface area contributed by atoms with Crippen LogP contribution < -0.4 is 5.66 Å². The highest BCUT2D eigenvalue weighted by atomic mass is 79.9. The van der Waals surface area contributed by atoms with Crippen molar-refractivity contribution in [3.8, 4) is 0 Å². The monoisotopic (exact) mass is 240 g/mol. The SMILES string of the molecule is OB(O)c1oc2ccccc2c1Br. The minimum atomic E-state index is -1.58. The average Bonchev–Trinajstić information content (AvgIpc) is 2.45. The fourth-order valence-electron chi connectivity index (χ4n) is 1.20. The van der Waals surface area contributed by atoms with Gasteiger partial charge in [0.05, 0.1) is 4.47 Å². The highest BCUT2D eigenvalue weighted by Crippen LogP contribution is 2.23. The van der Waals surface area contributed by atoms with Crippen LogP contribution in [-0.4, -0.2) is 17.2 Å². The van der Waals surface area contributed by atoms with Gasteiger partial charge in [0.1, 0.15) is 5.58 Å². The van der Waals surface area contributed by atoms with E-state index in [-0.39, 0.29) is 5.66 Å². The van der Waals surface area contributed by atoms with Crippen LogP contribution in [0.25, 0.3) is 11.0 Å². The van der Waals surface area contributed by atoms with Crippen molar-refractivity contribution in [2.45, 2.75) is 0 Å². The molecule has 0 saturated heterocycles. The average molecular weight is 241 g/mol. The van der Waals surface area contributed by atoms with Crippen molar-refractivity contribution in [2.75, 3.05) is 0 Å². The summed E-state index contributed by atoms with van der Waals surface area (Å²) in [5.74, 6) is 0. The third-order valence-corrected chi connectivity index (χ3v) is 2.61. The lowest BCUT2D eigenvalue weighted by Crippen LogP contribution is -2.29. The van der Waals surface area contributed by atoms with Crippen molar-refractivity contribution < 1.29 is 14.5 Å². The lowest BCUT2D eigenvalue weighted by molar-refractivity contribution is 0.412. The molecule has 1 aromatic heterocycles. The molecule has 0 aliphatic rings. The van der Waals surface area contributed by atoms with Gasteiger partial charge in [-0.2, -0.15) is 0 Å². The molecule has 3 nitrogen and oxygen atoms in total.